The third kappa shape index (κ3) is 3.77. The Kier molecular flexibility index (Phi) is 5.30. The quantitative estimate of drug-likeness (QED) is 0.367. The molecule has 0 amide bonds. The van der Waals surface area contributed by atoms with Crippen molar-refractivity contribution in [2.24, 2.45) is 4.99 Å². The number of nitro groups is 1. The van der Waals surface area contributed by atoms with Crippen LogP contribution in [0.25, 0.3) is 0 Å². The van der Waals surface area contributed by atoms with Gasteiger partial charge in [-0.25, -0.2) is 4.79 Å². The number of rotatable bonds is 4. The second-order valence-electron chi connectivity index (χ2n) is 4.87. The van der Waals surface area contributed by atoms with Gasteiger partial charge < -0.3 is 9.84 Å². The number of aryl methyl sites for hydroxylation is 1. The van der Waals surface area contributed by atoms with Gasteiger partial charge in [-0.3, -0.25) is 15.1 Å². The largest absolute Gasteiger partial charge is 0.502 e. The fraction of sp³-hybridized carbons (Fsp3) is 0.125. The Bertz CT molecular complexity index is 849. The maximum atomic E-state index is 11.6. The number of aromatic hydroxyl groups is 1. The van der Waals surface area contributed by atoms with Crippen LogP contribution in [0.1, 0.15) is 21.5 Å². The van der Waals surface area contributed by atoms with E-state index in [1.807, 2.05) is 0 Å². The Morgan fingerprint density at radius 2 is 2.08 bits per heavy atom. The van der Waals surface area contributed by atoms with Crippen LogP contribution in [-0.4, -0.2) is 29.3 Å². The Morgan fingerprint density at radius 1 is 1.38 bits per heavy atom. The first-order valence-corrected chi connectivity index (χ1v) is 7.52. The molecule has 0 unspecified atom stereocenters. The average molecular weight is 393 g/mol. The van der Waals surface area contributed by atoms with E-state index in [4.69, 9.17) is 0 Å². The molecule has 0 heterocycles. The average Bonchev–Trinajstić information content (AvgIpc) is 2.55. The third-order valence-corrected chi connectivity index (χ3v) is 3.71. The summed E-state index contributed by atoms with van der Waals surface area (Å²) in [5.41, 5.74) is 1.37. The van der Waals surface area contributed by atoms with Gasteiger partial charge in [0, 0.05) is 22.3 Å². The maximum absolute atomic E-state index is 11.6. The zero-order valence-corrected chi connectivity index (χ0v) is 14.4. The second kappa shape index (κ2) is 7.22. The summed E-state index contributed by atoms with van der Waals surface area (Å²) in [7, 11) is 1.28. The minimum Gasteiger partial charge on any atom is -0.502 e. The van der Waals surface area contributed by atoms with Crippen molar-refractivity contribution in [3.05, 3.63) is 61.6 Å². The number of carbonyl (C=O) groups is 1. The zero-order valence-electron chi connectivity index (χ0n) is 12.8. The van der Waals surface area contributed by atoms with E-state index in [0.717, 1.165) is 5.56 Å². The Hall–Kier alpha value is -2.74. The zero-order chi connectivity index (χ0) is 17.9. The predicted octanol–water partition coefficient (Wildman–Crippen LogP) is 3.91. The van der Waals surface area contributed by atoms with Gasteiger partial charge in [0.05, 0.1) is 23.3 Å². The van der Waals surface area contributed by atoms with Crippen molar-refractivity contribution < 1.29 is 19.6 Å². The topological polar surface area (TPSA) is 102 Å². The molecule has 2 aromatic carbocycles. The van der Waals surface area contributed by atoms with Crippen molar-refractivity contribution in [1.29, 1.82) is 0 Å². The lowest BCUT2D eigenvalue weighted by Gasteiger charge is -2.05. The molecule has 0 saturated heterocycles. The molecule has 24 heavy (non-hydrogen) atoms. The number of hydrogen-bond donors (Lipinski definition) is 1. The molecule has 0 bridgehead atoms. The molecule has 1 N–H and O–H groups in total. The van der Waals surface area contributed by atoms with E-state index in [2.05, 4.69) is 25.7 Å². The van der Waals surface area contributed by atoms with E-state index in [0.29, 0.717) is 15.7 Å². The van der Waals surface area contributed by atoms with Gasteiger partial charge >= 0.3 is 11.7 Å². The summed E-state index contributed by atoms with van der Waals surface area (Å²) in [5.74, 6) is -0.971. The maximum Gasteiger partial charge on any atom is 0.337 e. The van der Waals surface area contributed by atoms with Gasteiger partial charge in [-0.05, 0) is 30.7 Å². The normalized spacial score (nSPS) is 10.8. The molecule has 0 radical (unpaired) electrons. The highest BCUT2D eigenvalue weighted by Gasteiger charge is 2.17. The summed E-state index contributed by atoms with van der Waals surface area (Å²) in [5, 5.41) is 20.9. The molecule has 2 aromatic rings. The van der Waals surface area contributed by atoms with Crippen LogP contribution < -0.4 is 0 Å². The van der Waals surface area contributed by atoms with Gasteiger partial charge in [0.25, 0.3) is 0 Å². The Morgan fingerprint density at radius 3 is 2.71 bits per heavy atom. The molecular weight excluding hydrogens is 380 g/mol. The Labute approximate surface area is 145 Å². The highest BCUT2D eigenvalue weighted by molar-refractivity contribution is 9.10. The van der Waals surface area contributed by atoms with Gasteiger partial charge in [-0.15, -0.1) is 0 Å². The lowest BCUT2D eigenvalue weighted by atomic mass is 10.1. The van der Waals surface area contributed by atoms with Crippen LogP contribution >= 0.6 is 15.9 Å². The number of halogens is 1. The predicted molar refractivity (Wildman–Crippen MR) is 92.2 cm³/mol. The van der Waals surface area contributed by atoms with E-state index in [1.165, 1.54) is 25.5 Å². The fourth-order valence-electron chi connectivity index (χ4n) is 1.98. The number of phenols is 1. The summed E-state index contributed by atoms with van der Waals surface area (Å²) in [4.78, 5) is 26.0. The van der Waals surface area contributed by atoms with Crippen LogP contribution in [0.15, 0.2) is 39.8 Å². The summed E-state index contributed by atoms with van der Waals surface area (Å²) >= 11 is 3.16. The molecule has 2 rings (SSSR count). The number of methoxy groups -OCH3 is 1. The van der Waals surface area contributed by atoms with Crippen LogP contribution in [0.4, 0.5) is 11.4 Å². The van der Waals surface area contributed by atoms with Gasteiger partial charge in [0.2, 0.25) is 5.75 Å². The first kappa shape index (κ1) is 17.6. The van der Waals surface area contributed by atoms with Crippen molar-refractivity contribution in [2.75, 3.05) is 7.11 Å². The number of nitro benzene ring substituents is 1. The molecule has 0 spiro atoms. The molecule has 8 heteroatoms. The molecule has 0 aromatic heterocycles. The number of esters is 1. The molecule has 0 aliphatic heterocycles. The molecule has 124 valence electrons. The number of benzene rings is 2. The van der Waals surface area contributed by atoms with E-state index in [9.17, 15) is 20.0 Å². The van der Waals surface area contributed by atoms with Crippen molar-refractivity contribution >= 4 is 39.5 Å². The fourth-order valence-corrected chi connectivity index (χ4v) is 2.44. The number of aliphatic imine (C=N–C) groups is 1. The smallest absolute Gasteiger partial charge is 0.337 e. The van der Waals surface area contributed by atoms with Gasteiger partial charge in [-0.2, -0.15) is 0 Å². The number of nitrogens with zero attached hydrogens (tertiary/aromatic N) is 2. The number of ether oxygens (including phenoxy) is 1. The molecule has 0 atom stereocenters. The first-order valence-electron chi connectivity index (χ1n) is 6.73. The molecule has 0 fully saturated rings. The Balaban J connectivity index is 2.45. The van der Waals surface area contributed by atoms with Crippen molar-refractivity contribution in [2.45, 2.75) is 6.92 Å². The SMILES string of the molecule is COC(=O)c1ccc(C)c(N=Cc2cc(Br)cc([N+](=O)[O-])c2O)c1. The van der Waals surface area contributed by atoms with Crippen molar-refractivity contribution in [1.82, 2.24) is 0 Å². The number of carbonyl (C=O) groups excluding carboxylic acids is 1. The molecule has 0 saturated carbocycles. The molecule has 0 aliphatic rings. The van der Waals surface area contributed by atoms with Crippen molar-refractivity contribution in [3.63, 3.8) is 0 Å². The summed E-state index contributed by atoms with van der Waals surface area (Å²) in [6, 6.07) is 7.58. The standard InChI is InChI=1S/C16H13BrN2O5/c1-9-3-4-10(16(21)24-2)6-13(9)18-8-11-5-12(17)7-14(15(11)20)19(22)23/h3-8,20H,1-2H3. The van der Waals surface area contributed by atoms with Gasteiger partial charge in [-0.1, -0.05) is 22.0 Å². The summed E-state index contributed by atoms with van der Waals surface area (Å²) in [6.45, 7) is 1.80. The van der Waals surface area contributed by atoms with E-state index in [1.54, 1.807) is 25.1 Å². The number of phenolic OH excluding ortho intramolecular Hbond substituents is 1. The van der Waals surface area contributed by atoms with E-state index in [-0.39, 0.29) is 5.56 Å². The van der Waals surface area contributed by atoms with Crippen LogP contribution in [0.2, 0.25) is 0 Å². The first-order chi connectivity index (χ1) is 11.3. The lowest BCUT2D eigenvalue weighted by Crippen LogP contribution is -2.00. The van der Waals surface area contributed by atoms with Crippen LogP contribution in [0, 0.1) is 17.0 Å². The lowest BCUT2D eigenvalue weighted by molar-refractivity contribution is -0.385. The van der Waals surface area contributed by atoms with Gasteiger partial charge in [0.15, 0.2) is 0 Å². The highest BCUT2D eigenvalue weighted by Crippen LogP contribution is 2.33. The van der Waals surface area contributed by atoms with Gasteiger partial charge in [0.1, 0.15) is 0 Å². The van der Waals surface area contributed by atoms with E-state index < -0.39 is 22.3 Å². The minimum atomic E-state index is -0.680. The third-order valence-electron chi connectivity index (χ3n) is 3.25. The second-order valence-corrected chi connectivity index (χ2v) is 5.79. The highest BCUT2D eigenvalue weighted by atomic mass is 79.9. The minimum absolute atomic E-state index is 0.180. The van der Waals surface area contributed by atoms with E-state index >= 15 is 0 Å². The molecule has 0 aliphatic carbocycles. The van der Waals surface area contributed by atoms with Crippen LogP contribution in [0.5, 0.6) is 5.75 Å². The number of hydrogen-bond acceptors (Lipinski definition) is 6. The van der Waals surface area contributed by atoms with Crippen LogP contribution in [0.3, 0.4) is 0 Å². The van der Waals surface area contributed by atoms with Crippen molar-refractivity contribution in [3.8, 4) is 5.75 Å². The summed E-state index contributed by atoms with van der Waals surface area (Å²) in [6.07, 6.45) is 1.30. The summed E-state index contributed by atoms with van der Waals surface area (Å²) < 4.78 is 5.10. The molecule has 7 nitrogen and oxygen atoms in total. The monoisotopic (exact) mass is 392 g/mol. The molecular formula is C16H13BrN2O5. The van der Waals surface area contributed by atoms with Crippen LogP contribution in [-0.2, 0) is 4.74 Å².